The fraction of sp³-hybridized carbons (Fsp3) is 0.938. The van der Waals surface area contributed by atoms with Gasteiger partial charge in [-0.25, -0.2) is 9.13 Å². The molecule has 83 heavy (non-hydrogen) atoms. The molecule has 0 amide bonds. The monoisotopic (exact) mass is 1230 g/mol. The Bertz CT molecular complexity index is 1670. The second kappa shape index (κ2) is 54.2. The number of phosphoric ester groups is 2. The molecule has 0 aliphatic carbocycles. The highest BCUT2D eigenvalue weighted by atomic mass is 31.2. The standard InChI is InChI=1S/C64H124O17P2/c1-9-56(7)42-34-26-18-12-14-20-30-38-46-63(68)80-59(50-74-61(66)44-36-28-19-13-11-16-24-32-40-54(3)4)52-78-82(70,71)76-48-58(65)49-77-83(72,73)79-53-60(81-64(69)47-39-31-21-15-17-25-33-41-55(5)6)51-75-62(67)45-37-29-23-22-27-35-43-57(8)10-2/h54-60,65H,9-53H2,1-8H3,(H,70,71)(H,72,73)/t56?,57?,58?,59-,60-/m1/s1. The topological polar surface area (TPSA) is 237 Å². The van der Waals surface area contributed by atoms with Crippen LogP contribution in [0.5, 0.6) is 0 Å². The number of aliphatic hydroxyl groups is 1. The van der Waals surface area contributed by atoms with E-state index in [-0.39, 0.29) is 25.7 Å². The Hall–Kier alpha value is -1.94. The smallest absolute Gasteiger partial charge is 0.462 e. The van der Waals surface area contributed by atoms with E-state index in [1.165, 1.54) is 103 Å². The van der Waals surface area contributed by atoms with Crippen molar-refractivity contribution in [3.05, 3.63) is 0 Å². The summed E-state index contributed by atoms with van der Waals surface area (Å²) in [6.45, 7) is 13.9. The first-order valence-corrected chi connectivity index (χ1v) is 36.3. The number of unbranched alkanes of at least 4 members (excludes halogenated alkanes) is 25. The van der Waals surface area contributed by atoms with Crippen LogP contribution in [0.3, 0.4) is 0 Å². The molecule has 19 heteroatoms. The molecular weight excluding hydrogens is 1100 g/mol. The summed E-state index contributed by atoms with van der Waals surface area (Å²) in [4.78, 5) is 72.2. The lowest BCUT2D eigenvalue weighted by atomic mass is 9.99. The van der Waals surface area contributed by atoms with Crippen LogP contribution in [0.15, 0.2) is 0 Å². The van der Waals surface area contributed by atoms with Crippen LogP contribution in [-0.4, -0.2) is 96.7 Å². The van der Waals surface area contributed by atoms with Gasteiger partial charge in [0.25, 0.3) is 0 Å². The lowest BCUT2D eigenvalue weighted by molar-refractivity contribution is -0.161. The van der Waals surface area contributed by atoms with E-state index in [1.807, 2.05) is 0 Å². The van der Waals surface area contributed by atoms with Gasteiger partial charge in [-0.15, -0.1) is 0 Å². The Morgan fingerprint density at radius 2 is 0.578 bits per heavy atom. The Labute approximate surface area is 505 Å². The van der Waals surface area contributed by atoms with Gasteiger partial charge in [-0.05, 0) is 49.4 Å². The van der Waals surface area contributed by atoms with E-state index in [4.69, 9.17) is 37.0 Å². The van der Waals surface area contributed by atoms with Crippen molar-refractivity contribution in [2.45, 2.75) is 324 Å². The lowest BCUT2D eigenvalue weighted by Crippen LogP contribution is -2.30. The van der Waals surface area contributed by atoms with Gasteiger partial charge < -0.3 is 33.8 Å². The van der Waals surface area contributed by atoms with Crippen LogP contribution in [0.1, 0.15) is 306 Å². The molecule has 0 aromatic rings. The fourth-order valence-electron chi connectivity index (χ4n) is 9.36. The third kappa shape index (κ3) is 56.3. The number of phosphoric acid groups is 2. The molecule has 0 saturated heterocycles. The number of hydrogen-bond donors (Lipinski definition) is 3. The largest absolute Gasteiger partial charge is 0.472 e. The van der Waals surface area contributed by atoms with Crippen molar-refractivity contribution in [3.63, 3.8) is 0 Å². The Kier molecular flexibility index (Phi) is 53.0. The molecule has 17 nitrogen and oxygen atoms in total. The van der Waals surface area contributed by atoms with Crippen LogP contribution in [0.4, 0.5) is 0 Å². The highest BCUT2D eigenvalue weighted by molar-refractivity contribution is 7.47. The van der Waals surface area contributed by atoms with Crippen molar-refractivity contribution < 1.29 is 80.2 Å². The number of hydrogen-bond acceptors (Lipinski definition) is 15. The molecule has 0 radical (unpaired) electrons. The Morgan fingerprint density at radius 3 is 0.855 bits per heavy atom. The van der Waals surface area contributed by atoms with Crippen molar-refractivity contribution >= 4 is 39.5 Å². The minimum absolute atomic E-state index is 0.102. The van der Waals surface area contributed by atoms with Gasteiger partial charge in [-0.2, -0.15) is 0 Å². The first-order valence-electron chi connectivity index (χ1n) is 33.3. The van der Waals surface area contributed by atoms with Crippen molar-refractivity contribution in [3.8, 4) is 0 Å². The highest BCUT2D eigenvalue weighted by Crippen LogP contribution is 2.45. The van der Waals surface area contributed by atoms with E-state index >= 15 is 0 Å². The molecule has 0 bridgehead atoms. The lowest BCUT2D eigenvalue weighted by Gasteiger charge is -2.21. The molecule has 7 atom stereocenters. The fourth-order valence-corrected chi connectivity index (χ4v) is 10.9. The normalized spacial score (nSPS) is 15.1. The maximum absolute atomic E-state index is 13.0. The molecule has 0 aromatic heterocycles. The number of rotatable bonds is 61. The van der Waals surface area contributed by atoms with Gasteiger partial charge in [0.15, 0.2) is 12.2 Å². The van der Waals surface area contributed by atoms with Crippen LogP contribution in [0, 0.1) is 23.7 Å². The van der Waals surface area contributed by atoms with Gasteiger partial charge in [-0.3, -0.25) is 37.3 Å². The number of carbonyl (C=O) groups is 4. The molecular formula is C64H124O17P2. The zero-order valence-electron chi connectivity index (χ0n) is 53.8. The second-order valence-corrected chi connectivity index (χ2v) is 27.5. The van der Waals surface area contributed by atoms with E-state index < -0.39 is 97.5 Å². The summed E-state index contributed by atoms with van der Waals surface area (Å²) in [6.07, 6.45) is 33.6. The maximum atomic E-state index is 13.0. The van der Waals surface area contributed by atoms with Crippen LogP contribution in [0.25, 0.3) is 0 Å². The van der Waals surface area contributed by atoms with Crippen molar-refractivity contribution in [1.82, 2.24) is 0 Å². The first kappa shape index (κ1) is 81.1. The molecule has 3 N–H and O–H groups in total. The highest BCUT2D eigenvalue weighted by Gasteiger charge is 2.30. The van der Waals surface area contributed by atoms with Gasteiger partial charge in [-0.1, -0.05) is 254 Å². The summed E-state index contributed by atoms with van der Waals surface area (Å²) in [7, 11) is -9.89. The molecule has 0 aliphatic rings. The van der Waals surface area contributed by atoms with Gasteiger partial charge in [0.2, 0.25) is 0 Å². The van der Waals surface area contributed by atoms with Crippen molar-refractivity contribution in [2.75, 3.05) is 39.6 Å². The molecule has 0 rings (SSSR count). The molecule has 0 saturated carbocycles. The molecule has 0 aromatic carbocycles. The van der Waals surface area contributed by atoms with E-state index in [0.717, 1.165) is 114 Å². The van der Waals surface area contributed by atoms with Crippen molar-refractivity contribution in [1.29, 1.82) is 0 Å². The zero-order valence-corrected chi connectivity index (χ0v) is 55.6. The molecule has 0 aliphatic heterocycles. The third-order valence-corrected chi connectivity index (χ3v) is 17.2. The van der Waals surface area contributed by atoms with E-state index in [9.17, 15) is 43.2 Å². The van der Waals surface area contributed by atoms with E-state index in [2.05, 4.69) is 55.4 Å². The summed E-state index contributed by atoms with van der Waals surface area (Å²) in [5.74, 6) is 0.780. The summed E-state index contributed by atoms with van der Waals surface area (Å²) in [5, 5.41) is 10.5. The Morgan fingerprint density at radius 1 is 0.337 bits per heavy atom. The average Bonchev–Trinajstić information content (AvgIpc) is 3.46. The van der Waals surface area contributed by atoms with Crippen LogP contribution in [-0.2, 0) is 65.4 Å². The SMILES string of the molecule is CCC(C)CCCCCCCCCCC(=O)O[C@H](COC(=O)CCCCCCCCCCC(C)C)COP(=O)(O)OCC(O)COP(=O)(O)OC[C@@H](COC(=O)CCCCCCCCC(C)CC)OC(=O)CCCCCCCCCC(C)C. The molecule has 5 unspecified atom stereocenters. The van der Waals surface area contributed by atoms with Gasteiger partial charge in [0.05, 0.1) is 26.4 Å². The van der Waals surface area contributed by atoms with Crippen LogP contribution >= 0.6 is 15.6 Å². The average molecular weight is 1230 g/mol. The number of esters is 4. The van der Waals surface area contributed by atoms with E-state index in [0.29, 0.717) is 31.6 Å². The van der Waals surface area contributed by atoms with E-state index in [1.54, 1.807) is 0 Å². The minimum Gasteiger partial charge on any atom is -0.462 e. The van der Waals surface area contributed by atoms with Crippen LogP contribution in [0.2, 0.25) is 0 Å². The number of aliphatic hydroxyl groups excluding tert-OH is 1. The van der Waals surface area contributed by atoms with Gasteiger partial charge in [0, 0.05) is 25.7 Å². The van der Waals surface area contributed by atoms with Crippen molar-refractivity contribution in [2.24, 2.45) is 23.7 Å². The predicted molar refractivity (Wildman–Crippen MR) is 331 cm³/mol. The summed E-state index contributed by atoms with van der Waals surface area (Å²) >= 11 is 0. The van der Waals surface area contributed by atoms with Gasteiger partial charge >= 0.3 is 39.5 Å². The quantitative estimate of drug-likeness (QED) is 0.0222. The van der Waals surface area contributed by atoms with Gasteiger partial charge in [0.1, 0.15) is 19.3 Å². The third-order valence-electron chi connectivity index (χ3n) is 15.3. The second-order valence-electron chi connectivity index (χ2n) is 24.6. The van der Waals surface area contributed by atoms with Crippen LogP contribution < -0.4 is 0 Å². The predicted octanol–water partition coefficient (Wildman–Crippen LogP) is 17.4. The summed E-state index contributed by atoms with van der Waals surface area (Å²) in [6, 6.07) is 0. The first-order chi connectivity index (χ1) is 39.7. The minimum atomic E-state index is -4.95. The Balaban J connectivity index is 5.27. The zero-order chi connectivity index (χ0) is 61.8. The molecule has 0 spiro atoms. The number of carbonyl (C=O) groups excluding carboxylic acids is 4. The summed E-state index contributed by atoms with van der Waals surface area (Å²) < 4.78 is 68.0. The summed E-state index contributed by atoms with van der Waals surface area (Å²) in [5.41, 5.74) is 0. The molecule has 0 fully saturated rings. The maximum Gasteiger partial charge on any atom is 0.472 e. The molecule has 0 heterocycles. The number of ether oxygens (including phenoxy) is 4. The molecule has 492 valence electrons.